The Bertz CT molecular complexity index is 368. The Balaban J connectivity index is 2.12. The molecule has 0 radical (unpaired) electrons. The van der Waals surface area contributed by atoms with Gasteiger partial charge in [0, 0.05) is 24.8 Å². The third-order valence-electron chi connectivity index (χ3n) is 2.85. The van der Waals surface area contributed by atoms with Crippen LogP contribution in [0.25, 0.3) is 0 Å². The van der Waals surface area contributed by atoms with Crippen LogP contribution in [0.5, 0.6) is 11.5 Å². The van der Waals surface area contributed by atoms with Crippen molar-refractivity contribution in [2.45, 2.75) is 6.04 Å². The molecule has 1 N–H and O–H groups in total. The van der Waals surface area contributed by atoms with Gasteiger partial charge in [0.05, 0.1) is 20.3 Å². The lowest BCUT2D eigenvalue weighted by molar-refractivity contribution is 0.355. The number of anilines is 1. The molecule has 1 aliphatic heterocycles. The minimum absolute atomic E-state index is 0.614. The summed E-state index contributed by atoms with van der Waals surface area (Å²) in [5, 5.41) is 3.18. The van der Waals surface area contributed by atoms with Crippen molar-refractivity contribution in [2.75, 3.05) is 39.3 Å². The van der Waals surface area contributed by atoms with Crippen molar-refractivity contribution in [1.82, 2.24) is 5.32 Å². The third kappa shape index (κ3) is 2.07. The smallest absolute Gasteiger partial charge is 0.162 e. The Hall–Kier alpha value is -1.42. The van der Waals surface area contributed by atoms with Crippen molar-refractivity contribution in [3.63, 3.8) is 0 Å². The van der Waals surface area contributed by atoms with Gasteiger partial charge in [-0.15, -0.1) is 0 Å². The maximum atomic E-state index is 5.28. The number of methoxy groups -OCH3 is 2. The molecule has 0 spiro atoms. The van der Waals surface area contributed by atoms with Crippen LogP contribution in [0.3, 0.4) is 0 Å². The lowest BCUT2D eigenvalue weighted by Crippen LogP contribution is -2.17. The van der Waals surface area contributed by atoms with E-state index in [9.17, 15) is 0 Å². The molecule has 0 bridgehead atoms. The van der Waals surface area contributed by atoms with Crippen LogP contribution in [-0.4, -0.2) is 40.4 Å². The number of ether oxygens (including phenoxy) is 2. The predicted molar refractivity (Wildman–Crippen MR) is 64.6 cm³/mol. The number of nitrogens with zero attached hydrogens (tertiary/aromatic N) is 1. The zero-order valence-corrected chi connectivity index (χ0v) is 9.99. The minimum atomic E-state index is 0.614. The molecule has 0 aromatic heterocycles. The molecule has 0 saturated carbocycles. The summed E-state index contributed by atoms with van der Waals surface area (Å²) < 4.78 is 10.5. The number of rotatable bonds is 5. The van der Waals surface area contributed by atoms with Crippen LogP contribution in [0.15, 0.2) is 18.2 Å². The third-order valence-corrected chi connectivity index (χ3v) is 2.85. The van der Waals surface area contributed by atoms with Gasteiger partial charge in [-0.2, -0.15) is 0 Å². The molecular formula is C12H18N2O2. The second-order valence-electron chi connectivity index (χ2n) is 3.90. The van der Waals surface area contributed by atoms with E-state index in [1.54, 1.807) is 14.2 Å². The molecule has 2 rings (SSSR count). The number of hydrogen-bond donors (Lipinski definition) is 1. The van der Waals surface area contributed by atoms with Gasteiger partial charge >= 0.3 is 0 Å². The SMILES string of the molecule is CNCC1CN1c1ccc(OC)c(OC)c1. The second kappa shape index (κ2) is 4.61. The molecule has 1 aliphatic rings. The molecule has 1 unspecified atom stereocenters. The molecule has 1 aromatic carbocycles. The first kappa shape index (κ1) is 11.1. The minimum Gasteiger partial charge on any atom is -0.493 e. The van der Waals surface area contributed by atoms with Crippen molar-refractivity contribution in [3.05, 3.63) is 18.2 Å². The molecule has 1 atom stereocenters. The van der Waals surface area contributed by atoms with Gasteiger partial charge in [0.25, 0.3) is 0 Å². The van der Waals surface area contributed by atoms with E-state index in [1.165, 1.54) is 5.69 Å². The number of hydrogen-bond acceptors (Lipinski definition) is 4. The van der Waals surface area contributed by atoms with E-state index >= 15 is 0 Å². The summed E-state index contributed by atoms with van der Waals surface area (Å²) in [5.41, 5.74) is 1.19. The van der Waals surface area contributed by atoms with Gasteiger partial charge in [-0.05, 0) is 19.2 Å². The summed E-state index contributed by atoms with van der Waals surface area (Å²) >= 11 is 0. The maximum Gasteiger partial charge on any atom is 0.162 e. The Labute approximate surface area is 96.2 Å². The molecule has 0 amide bonds. The summed E-state index contributed by atoms with van der Waals surface area (Å²) in [4.78, 5) is 2.33. The van der Waals surface area contributed by atoms with E-state index in [2.05, 4.69) is 16.3 Å². The highest BCUT2D eigenvalue weighted by Crippen LogP contribution is 2.35. The number of nitrogens with one attached hydrogen (secondary N) is 1. The fraction of sp³-hybridized carbons (Fsp3) is 0.500. The zero-order valence-electron chi connectivity index (χ0n) is 9.99. The summed E-state index contributed by atoms with van der Waals surface area (Å²) in [7, 11) is 5.29. The van der Waals surface area contributed by atoms with Gasteiger partial charge in [0.1, 0.15) is 0 Å². The van der Waals surface area contributed by atoms with Crippen LogP contribution < -0.4 is 19.7 Å². The average molecular weight is 222 g/mol. The van der Waals surface area contributed by atoms with Crippen LogP contribution in [0, 0.1) is 0 Å². The predicted octanol–water partition coefficient (Wildman–Crippen LogP) is 1.11. The second-order valence-corrected chi connectivity index (χ2v) is 3.90. The maximum absolute atomic E-state index is 5.28. The largest absolute Gasteiger partial charge is 0.493 e. The molecule has 0 aliphatic carbocycles. The molecular weight excluding hydrogens is 204 g/mol. The van der Waals surface area contributed by atoms with Crippen LogP contribution in [0.2, 0.25) is 0 Å². The lowest BCUT2D eigenvalue weighted by atomic mass is 10.2. The van der Waals surface area contributed by atoms with Gasteiger partial charge in [-0.25, -0.2) is 0 Å². The number of likely N-dealkylation sites (N-methyl/N-ethyl adjacent to an activating group) is 1. The quantitative estimate of drug-likeness (QED) is 0.757. The van der Waals surface area contributed by atoms with E-state index in [1.807, 2.05) is 19.2 Å². The fourth-order valence-corrected chi connectivity index (χ4v) is 1.91. The Morgan fingerprint density at radius 1 is 1.31 bits per heavy atom. The van der Waals surface area contributed by atoms with Gasteiger partial charge in [-0.1, -0.05) is 0 Å². The molecule has 1 fully saturated rings. The topological polar surface area (TPSA) is 33.5 Å². The molecule has 1 aromatic rings. The first-order chi connectivity index (χ1) is 7.80. The van der Waals surface area contributed by atoms with Gasteiger partial charge in [0.15, 0.2) is 11.5 Å². The van der Waals surface area contributed by atoms with Gasteiger partial charge in [-0.3, -0.25) is 0 Å². The normalized spacial score (nSPS) is 18.4. The van der Waals surface area contributed by atoms with Crippen LogP contribution in [-0.2, 0) is 0 Å². The van der Waals surface area contributed by atoms with Crippen molar-refractivity contribution < 1.29 is 9.47 Å². The highest BCUT2D eigenvalue weighted by Gasteiger charge is 2.33. The molecule has 16 heavy (non-hydrogen) atoms. The van der Waals surface area contributed by atoms with Crippen LogP contribution in [0.4, 0.5) is 5.69 Å². The van der Waals surface area contributed by atoms with Crippen molar-refractivity contribution >= 4 is 5.69 Å². The van der Waals surface area contributed by atoms with Gasteiger partial charge in [0.2, 0.25) is 0 Å². The number of benzene rings is 1. The molecule has 1 heterocycles. The van der Waals surface area contributed by atoms with Crippen molar-refractivity contribution in [3.8, 4) is 11.5 Å². The summed E-state index contributed by atoms with van der Waals surface area (Å²) in [6, 6.07) is 6.65. The standard InChI is InChI=1S/C12H18N2O2/c1-13-7-10-8-14(10)9-4-5-11(15-2)12(6-9)16-3/h4-6,10,13H,7-8H2,1-3H3. The zero-order chi connectivity index (χ0) is 11.5. The van der Waals surface area contributed by atoms with Crippen LogP contribution in [0.1, 0.15) is 0 Å². The fourth-order valence-electron chi connectivity index (χ4n) is 1.91. The van der Waals surface area contributed by atoms with E-state index < -0.39 is 0 Å². The Kier molecular flexibility index (Phi) is 3.19. The highest BCUT2D eigenvalue weighted by molar-refractivity contribution is 5.60. The lowest BCUT2D eigenvalue weighted by Gasteiger charge is -2.11. The van der Waals surface area contributed by atoms with Crippen molar-refractivity contribution in [2.24, 2.45) is 0 Å². The highest BCUT2D eigenvalue weighted by atomic mass is 16.5. The van der Waals surface area contributed by atoms with Gasteiger partial charge < -0.3 is 19.7 Å². The van der Waals surface area contributed by atoms with E-state index in [4.69, 9.17) is 9.47 Å². The Morgan fingerprint density at radius 3 is 2.69 bits per heavy atom. The van der Waals surface area contributed by atoms with E-state index in [0.717, 1.165) is 24.6 Å². The molecule has 4 heteroatoms. The molecule has 1 saturated heterocycles. The van der Waals surface area contributed by atoms with Crippen molar-refractivity contribution in [1.29, 1.82) is 0 Å². The van der Waals surface area contributed by atoms with Crippen LogP contribution >= 0.6 is 0 Å². The van der Waals surface area contributed by atoms with E-state index in [0.29, 0.717) is 6.04 Å². The van der Waals surface area contributed by atoms with E-state index in [-0.39, 0.29) is 0 Å². The first-order valence-electron chi connectivity index (χ1n) is 5.43. The molecule has 88 valence electrons. The first-order valence-corrected chi connectivity index (χ1v) is 5.43. The average Bonchev–Trinajstić information content (AvgIpc) is 3.08. The monoisotopic (exact) mass is 222 g/mol. The summed E-state index contributed by atoms with van der Waals surface area (Å²) in [6.45, 7) is 2.13. The summed E-state index contributed by atoms with van der Waals surface area (Å²) in [5.74, 6) is 1.56. The summed E-state index contributed by atoms with van der Waals surface area (Å²) in [6.07, 6.45) is 0. The Morgan fingerprint density at radius 2 is 2.06 bits per heavy atom. The molecule has 4 nitrogen and oxygen atoms in total.